The largest absolute Gasteiger partial charge is 0.341 e. The Kier molecular flexibility index (Phi) is 5.63. The molecule has 1 aromatic heterocycles. The van der Waals surface area contributed by atoms with E-state index >= 15 is 0 Å². The smallest absolute Gasteiger partial charge is 0.257 e. The van der Waals surface area contributed by atoms with Crippen LogP contribution in [0.4, 0.5) is 5.95 Å². The molecular weight excluding hydrogens is 338 g/mol. The molecule has 6 heteroatoms. The molecule has 0 radical (unpaired) electrons. The van der Waals surface area contributed by atoms with Crippen molar-refractivity contribution >= 4 is 11.9 Å². The number of nitrogens with zero attached hydrogens (tertiary/aromatic N) is 5. The first-order chi connectivity index (χ1) is 13.3. The van der Waals surface area contributed by atoms with Crippen LogP contribution < -0.4 is 4.90 Å². The molecule has 1 aromatic carbocycles. The third-order valence-electron chi connectivity index (χ3n) is 5.43. The maximum absolute atomic E-state index is 12.8. The van der Waals surface area contributed by atoms with Gasteiger partial charge in [0.25, 0.3) is 5.91 Å². The molecular formula is C21H27N5O. The zero-order valence-electron chi connectivity index (χ0n) is 15.8. The highest BCUT2D eigenvalue weighted by molar-refractivity contribution is 5.93. The van der Waals surface area contributed by atoms with Crippen LogP contribution in [-0.2, 0) is 6.54 Å². The van der Waals surface area contributed by atoms with E-state index in [2.05, 4.69) is 44.0 Å². The standard InChI is InChI=1S/C21H27N5O/c27-20(19-15-22-21(23-16-19)26-9-5-2-6-10-26)25-13-11-24(12-14-25)17-18-7-3-1-4-8-18/h1,3-4,7-8,15-16H,2,5-6,9-14,17H2. The molecule has 3 heterocycles. The molecule has 27 heavy (non-hydrogen) atoms. The summed E-state index contributed by atoms with van der Waals surface area (Å²) in [6, 6.07) is 10.5. The molecule has 0 unspecified atom stereocenters. The number of rotatable bonds is 4. The molecule has 0 spiro atoms. The number of amides is 1. The van der Waals surface area contributed by atoms with Gasteiger partial charge in [0.15, 0.2) is 0 Å². The van der Waals surface area contributed by atoms with Gasteiger partial charge < -0.3 is 9.80 Å². The van der Waals surface area contributed by atoms with Crippen molar-refractivity contribution in [1.82, 2.24) is 19.8 Å². The van der Waals surface area contributed by atoms with E-state index in [0.29, 0.717) is 5.56 Å². The Morgan fingerprint density at radius 3 is 2.19 bits per heavy atom. The zero-order valence-corrected chi connectivity index (χ0v) is 15.8. The van der Waals surface area contributed by atoms with Crippen molar-refractivity contribution in [3.05, 3.63) is 53.9 Å². The average molecular weight is 365 g/mol. The molecule has 6 nitrogen and oxygen atoms in total. The van der Waals surface area contributed by atoms with E-state index in [4.69, 9.17) is 0 Å². The van der Waals surface area contributed by atoms with Gasteiger partial charge in [-0.25, -0.2) is 9.97 Å². The van der Waals surface area contributed by atoms with E-state index in [9.17, 15) is 4.79 Å². The van der Waals surface area contributed by atoms with Crippen molar-refractivity contribution in [2.24, 2.45) is 0 Å². The minimum atomic E-state index is 0.0413. The molecule has 2 fully saturated rings. The van der Waals surface area contributed by atoms with Gasteiger partial charge in [-0.15, -0.1) is 0 Å². The number of piperidine rings is 1. The molecule has 0 bridgehead atoms. The fraction of sp³-hybridized carbons (Fsp3) is 0.476. The summed E-state index contributed by atoms with van der Waals surface area (Å²) in [7, 11) is 0. The van der Waals surface area contributed by atoms with Gasteiger partial charge in [-0.05, 0) is 24.8 Å². The van der Waals surface area contributed by atoms with E-state index < -0.39 is 0 Å². The Balaban J connectivity index is 1.31. The molecule has 0 N–H and O–H groups in total. The van der Waals surface area contributed by atoms with Gasteiger partial charge in [0.2, 0.25) is 5.95 Å². The van der Waals surface area contributed by atoms with E-state index in [0.717, 1.165) is 51.8 Å². The van der Waals surface area contributed by atoms with Gasteiger partial charge in [0.05, 0.1) is 5.56 Å². The molecule has 0 aliphatic carbocycles. The summed E-state index contributed by atoms with van der Waals surface area (Å²) in [6.07, 6.45) is 7.04. The number of carbonyl (C=O) groups is 1. The molecule has 1 amide bonds. The Bertz CT molecular complexity index is 735. The van der Waals surface area contributed by atoms with E-state index in [1.165, 1.54) is 24.8 Å². The highest BCUT2D eigenvalue weighted by Gasteiger charge is 2.23. The average Bonchev–Trinajstić information content (AvgIpc) is 2.75. The zero-order chi connectivity index (χ0) is 18.5. The van der Waals surface area contributed by atoms with Crippen LogP contribution in [0, 0.1) is 0 Å². The lowest BCUT2D eigenvalue weighted by Gasteiger charge is -2.34. The predicted molar refractivity (Wildman–Crippen MR) is 106 cm³/mol. The fourth-order valence-electron chi connectivity index (χ4n) is 3.82. The maximum Gasteiger partial charge on any atom is 0.257 e. The Labute approximate surface area is 160 Å². The van der Waals surface area contributed by atoms with Crippen molar-refractivity contribution in [2.45, 2.75) is 25.8 Å². The second-order valence-electron chi connectivity index (χ2n) is 7.37. The first-order valence-electron chi connectivity index (χ1n) is 9.92. The van der Waals surface area contributed by atoms with Crippen LogP contribution in [0.2, 0.25) is 0 Å². The van der Waals surface area contributed by atoms with Gasteiger partial charge in [-0.3, -0.25) is 9.69 Å². The molecule has 2 aromatic rings. The molecule has 2 saturated heterocycles. The van der Waals surface area contributed by atoms with E-state index in [1.54, 1.807) is 12.4 Å². The Morgan fingerprint density at radius 2 is 1.52 bits per heavy atom. The topological polar surface area (TPSA) is 52.6 Å². The lowest BCUT2D eigenvalue weighted by molar-refractivity contribution is 0.0627. The van der Waals surface area contributed by atoms with Crippen LogP contribution >= 0.6 is 0 Å². The molecule has 4 rings (SSSR count). The number of anilines is 1. The number of hydrogen-bond donors (Lipinski definition) is 0. The van der Waals surface area contributed by atoms with Crippen molar-refractivity contribution in [2.75, 3.05) is 44.2 Å². The maximum atomic E-state index is 12.8. The van der Waals surface area contributed by atoms with Gasteiger partial charge in [0.1, 0.15) is 0 Å². The third kappa shape index (κ3) is 4.45. The second-order valence-corrected chi connectivity index (χ2v) is 7.37. The quantitative estimate of drug-likeness (QED) is 0.833. The summed E-state index contributed by atoms with van der Waals surface area (Å²) in [5.74, 6) is 0.790. The third-order valence-corrected chi connectivity index (χ3v) is 5.43. The molecule has 142 valence electrons. The Hall–Kier alpha value is -2.47. The minimum absolute atomic E-state index is 0.0413. The summed E-state index contributed by atoms with van der Waals surface area (Å²) in [5.41, 5.74) is 1.91. The van der Waals surface area contributed by atoms with Crippen LogP contribution in [0.1, 0.15) is 35.2 Å². The number of aromatic nitrogens is 2. The Morgan fingerprint density at radius 1 is 0.852 bits per heavy atom. The number of hydrogen-bond acceptors (Lipinski definition) is 5. The van der Waals surface area contributed by atoms with E-state index in [1.807, 2.05) is 11.0 Å². The van der Waals surface area contributed by atoms with Crippen LogP contribution in [0.15, 0.2) is 42.7 Å². The van der Waals surface area contributed by atoms with Crippen molar-refractivity contribution < 1.29 is 4.79 Å². The van der Waals surface area contributed by atoms with Gasteiger partial charge in [-0.1, -0.05) is 30.3 Å². The highest BCUT2D eigenvalue weighted by atomic mass is 16.2. The van der Waals surface area contributed by atoms with Crippen LogP contribution in [-0.4, -0.2) is 64.9 Å². The lowest BCUT2D eigenvalue weighted by atomic mass is 10.1. The molecule has 2 aliphatic heterocycles. The summed E-state index contributed by atoms with van der Waals surface area (Å²) in [6.45, 7) is 6.25. The highest BCUT2D eigenvalue weighted by Crippen LogP contribution is 2.16. The summed E-state index contributed by atoms with van der Waals surface area (Å²) in [5, 5.41) is 0. The van der Waals surface area contributed by atoms with Crippen molar-refractivity contribution in [1.29, 1.82) is 0 Å². The minimum Gasteiger partial charge on any atom is -0.341 e. The molecule has 0 atom stereocenters. The summed E-state index contributed by atoms with van der Waals surface area (Å²) < 4.78 is 0. The number of carbonyl (C=O) groups excluding carboxylic acids is 1. The number of benzene rings is 1. The van der Waals surface area contributed by atoms with Gasteiger partial charge in [-0.2, -0.15) is 0 Å². The van der Waals surface area contributed by atoms with Crippen LogP contribution in [0.5, 0.6) is 0 Å². The molecule has 0 saturated carbocycles. The van der Waals surface area contributed by atoms with Gasteiger partial charge >= 0.3 is 0 Å². The van der Waals surface area contributed by atoms with Gasteiger partial charge in [0, 0.05) is 58.2 Å². The fourth-order valence-corrected chi connectivity index (χ4v) is 3.82. The lowest BCUT2D eigenvalue weighted by Crippen LogP contribution is -2.48. The SMILES string of the molecule is O=C(c1cnc(N2CCCCC2)nc1)N1CCN(Cc2ccccc2)CC1. The molecule has 2 aliphatic rings. The van der Waals surface area contributed by atoms with Crippen molar-refractivity contribution in [3.63, 3.8) is 0 Å². The monoisotopic (exact) mass is 365 g/mol. The van der Waals surface area contributed by atoms with E-state index in [-0.39, 0.29) is 5.91 Å². The summed E-state index contributed by atoms with van der Waals surface area (Å²) in [4.78, 5) is 28.2. The normalized spacial score (nSPS) is 18.5. The summed E-state index contributed by atoms with van der Waals surface area (Å²) >= 11 is 0. The first-order valence-corrected chi connectivity index (χ1v) is 9.92. The van der Waals surface area contributed by atoms with Crippen LogP contribution in [0.25, 0.3) is 0 Å². The second kappa shape index (κ2) is 8.48. The predicted octanol–water partition coefficient (Wildman–Crippen LogP) is 2.42. The first kappa shape index (κ1) is 17.9. The van der Waals surface area contributed by atoms with Crippen molar-refractivity contribution in [3.8, 4) is 0 Å². The number of piperazine rings is 1. The van der Waals surface area contributed by atoms with Crippen LogP contribution in [0.3, 0.4) is 0 Å².